The van der Waals surface area contributed by atoms with E-state index in [4.69, 9.17) is 5.10 Å². The van der Waals surface area contributed by atoms with Crippen LogP contribution >= 0.6 is 11.3 Å². The number of amides is 1. The molecule has 3 heterocycles. The molecule has 0 saturated carbocycles. The molecule has 0 atom stereocenters. The quantitative estimate of drug-likeness (QED) is 0.712. The van der Waals surface area contributed by atoms with Gasteiger partial charge >= 0.3 is 0 Å². The summed E-state index contributed by atoms with van der Waals surface area (Å²) in [5.41, 5.74) is 3.35. The third-order valence-corrected chi connectivity index (χ3v) is 5.65. The first-order valence-corrected chi connectivity index (χ1v) is 9.74. The van der Waals surface area contributed by atoms with Gasteiger partial charge in [0.1, 0.15) is 5.69 Å². The van der Waals surface area contributed by atoms with Gasteiger partial charge in [0.2, 0.25) is 5.91 Å². The Labute approximate surface area is 157 Å². The molecule has 0 spiro atoms. The van der Waals surface area contributed by atoms with Gasteiger partial charge in [0, 0.05) is 51.4 Å². The van der Waals surface area contributed by atoms with Crippen molar-refractivity contribution < 1.29 is 4.79 Å². The zero-order chi connectivity index (χ0) is 17.9. The molecular formula is C20H22N4OS. The Morgan fingerprint density at radius 3 is 2.50 bits per heavy atom. The average molecular weight is 366 g/mol. The van der Waals surface area contributed by atoms with Crippen LogP contribution in [0, 0.1) is 0 Å². The number of para-hydroxylation sites is 1. The van der Waals surface area contributed by atoms with Crippen LogP contribution in [0.4, 0.5) is 0 Å². The molecule has 134 valence electrons. The standard InChI is InChI=1S/C20H22N4OS/c1-16(25)23-11-9-22(10-12-23)14-17-15-24(18-6-3-2-4-7-18)21-20(17)19-8-5-13-26-19/h2-8,13,15H,9-12,14H2,1H3. The summed E-state index contributed by atoms with van der Waals surface area (Å²) in [6.07, 6.45) is 2.14. The Hall–Kier alpha value is -2.44. The van der Waals surface area contributed by atoms with E-state index in [-0.39, 0.29) is 5.91 Å². The van der Waals surface area contributed by atoms with E-state index < -0.39 is 0 Å². The van der Waals surface area contributed by atoms with E-state index >= 15 is 0 Å². The fourth-order valence-electron chi connectivity index (χ4n) is 3.32. The molecule has 0 N–H and O–H groups in total. The molecule has 0 bridgehead atoms. The van der Waals surface area contributed by atoms with E-state index in [0.717, 1.165) is 44.1 Å². The van der Waals surface area contributed by atoms with Crippen molar-refractivity contribution in [3.8, 4) is 16.3 Å². The summed E-state index contributed by atoms with van der Waals surface area (Å²) in [7, 11) is 0. The summed E-state index contributed by atoms with van der Waals surface area (Å²) in [4.78, 5) is 17.0. The first-order chi connectivity index (χ1) is 12.7. The number of hydrogen-bond acceptors (Lipinski definition) is 4. The van der Waals surface area contributed by atoms with Crippen LogP contribution in [0.3, 0.4) is 0 Å². The van der Waals surface area contributed by atoms with Crippen LogP contribution in [0.2, 0.25) is 0 Å². The van der Waals surface area contributed by atoms with Crippen molar-refractivity contribution in [2.75, 3.05) is 26.2 Å². The second-order valence-electron chi connectivity index (χ2n) is 6.54. The van der Waals surface area contributed by atoms with Crippen molar-refractivity contribution in [1.82, 2.24) is 19.6 Å². The summed E-state index contributed by atoms with van der Waals surface area (Å²) < 4.78 is 1.97. The van der Waals surface area contributed by atoms with Crippen LogP contribution < -0.4 is 0 Å². The highest BCUT2D eigenvalue weighted by Crippen LogP contribution is 2.28. The maximum absolute atomic E-state index is 11.5. The fraction of sp³-hybridized carbons (Fsp3) is 0.300. The Balaban J connectivity index is 1.59. The molecular weight excluding hydrogens is 344 g/mol. The Bertz CT molecular complexity index is 865. The Morgan fingerprint density at radius 1 is 1.08 bits per heavy atom. The van der Waals surface area contributed by atoms with Gasteiger partial charge in [-0.2, -0.15) is 5.10 Å². The molecule has 1 saturated heterocycles. The number of rotatable bonds is 4. The van der Waals surface area contributed by atoms with Crippen LogP contribution in [-0.2, 0) is 11.3 Å². The van der Waals surface area contributed by atoms with Crippen molar-refractivity contribution in [1.29, 1.82) is 0 Å². The van der Waals surface area contributed by atoms with Crippen LogP contribution in [0.1, 0.15) is 12.5 Å². The van der Waals surface area contributed by atoms with Gasteiger partial charge in [-0.1, -0.05) is 24.3 Å². The lowest BCUT2D eigenvalue weighted by Crippen LogP contribution is -2.47. The molecule has 5 nitrogen and oxygen atoms in total. The van der Waals surface area contributed by atoms with E-state index in [1.165, 1.54) is 10.4 Å². The largest absolute Gasteiger partial charge is 0.340 e. The van der Waals surface area contributed by atoms with Crippen molar-refractivity contribution in [2.24, 2.45) is 0 Å². The molecule has 1 aliphatic rings. The first-order valence-electron chi connectivity index (χ1n) is 8.86. The van der Waals surface area contributed by atoms with Gasteiger partial charge in [-0.25, -0.2) is 4.68 Å². The smallest absolute Gasteiger partial charge is 0.219 e. The number of carbonyl (C=O) groups excluding carboxylic acids is 1. The van der Waals surface area contributed by atoms with Crippen LogP contribution in [0.5, 0.6) is 0 Å². The van der Waals surface area contributed by atoms with Crippen molar-refractivity contribution in [3.05, 3.63) is 59.6 Å². The van der Waals surface area contributed by atoms with Gasteiger partial charge in [-0.15, -0.1) is 11.3 Å². The van der Waals surface area contributed by atoms with Crippen LogP contribution in [0.15, 0.2) is 54.0 Å². The zero-order valence-electron chi connectivity index (χ0n) is 14.8. The third kappa shape index (κ3) is 3.57. The topological polar surface area (TPSA) is 41.4 Å². The second-order valence-corrected chi connectivity index (χ2v) is 7.49. The molecule has 1 aromatic carbocycles. The minimum Gasteiger partial charge on any atom is -0.340 e. The van der Waals surface area contributed by atoms with Gasteiger partial charge < -0.3 is 4.90 Å². The third-order valence-electron chi connectivity index (χ3n) is 4.78. The highest BCUT2D eigenvalue weighted by molar-refractivity contribution is 7.13. The number of thiophene rings is 1. The van der Waals surface area contributed by atoms with E-state index in [1.54, 1.807) is 18.3 Å². The Kier molecular flexibility index (Phi) is 4.86. The molecule has 26 heavy (non-hydrogen) atoms. The predicted octanol–water partition coefficient (Wildman–Crippen LogP) is 3.26. The summed E-state index contributed by atoms with van der Waals surface area (Å²) in [5, 5.41) is 6.96. The molecule has 1 fully saturated rings. The Morgan fingerprint density at radius 2 is 1.85 bits per heavy atom. The molecule has 0 unspecified atom stereocenters. The summed E-state index contributed by atoms with van der Waals surface area (Å²) >= 11 is 1.72. The minimum atomic E-state index is 0.167. The van der Waals surface area contributed by atoms with Gasteiger partial charge in [0.05, 0.1) is 10.6 Å². The maximum atomic E-state index is 11.5. The van der Waals surface area contributed by atoms with Crippen molar-refractivity contribution in [2.45, 2.75) is 13.5 Å². The number of aromatic nitrogens is 2. The maximum Gasteiger partial charge on any atom is 0.219 e. The highest BCUT2D eigenvalue weighted by Gasteiger charge is 2.21. The molecule has 0 aliphatic carbocycles. The lowest BCUT2D eigenvalue weighted by molar-refractivity contribution is -0.130. The monoisotopic (exact) mass is 366 g/mol. The fourth-order valence-corrected chi connectivity index (χ4v) is 4.07. The number of piperazine rings is 1. The summed E-state index contributed by atoms with van der Waals surface area (Å²) in [6, 6.07) is 14.4. The molecule has 1 amide bonds. The molecule has 2 aromatic heterocycles. The van der Waals surface area contributed by atoms with Gasteiger partial charge in [0.15, 0.2) is 0 Å². The van der Waals surface area contributed by atoms with Gasteiger partial charge in [-0.05, 0) is 23.6 Å². The van der Waals surface area contributed by atoms with E-state index in [9.17, 15) is 4.79 Å². The molecule has 6 heteroatoms. The van der Waals surface area contributed by atoms with E-state index in [1.807, 2.05) is 27.8 Å². The lowest BCUT2D eigenvalue weighted by atomic mass is 10.2. The number of carbonyl (C=O) groups is 1. The first kappa shape index (κ1) is 17.0. The van der Waals surface area contributed by atoms with E-state index in [2.05, 4.69) is 40.7 Å². The van der Waals surface area contributed by atoms with E-state index in [0.29, 0.717) is 0 Å². The molecule has 1 aliphatic heterocycles. The van der Waals surface area contributed by atoms with Crippen molar-refractivity contribution in [3.63, 3.8) is 0 Å². The van der Waals surface area contributed by atoms with Crippen LogP contribution in [0.25, 0.3) is 16.3 Å². The summed E-state index contributed by atoms with van der Waals surface area (Å²) in [5.74, 6) is 0.167. The zero-order valence-corrected chi connectivity index (χ0v) is 15.7. The van der Waals surface area contributed by atoms with Crippen molar-refractivity contribution >= 4 is 17.2 Å². The van der Waals surface area contributed by atoms with Crippen LogP contribution in [-0.4, -0.2) is 51.7 Å². The highest BCUT2D eigenvalue weighted by atomic mass is 32.1. The average Bonchev–Trinajstić information content (AvgIpc) is 3.32. The number of nitrogens with zero attached hydrogens (tertiary/aromatic N) is 4. The number of hydrogen-bond donors (Lipinski definition) is 0. The minimum absolute atomic E-state index is 0.167. The molecule has 3 aromatic rings. The SMILES string of the molecule is CC(=O)N1CCN(Cc2cn(-c3ccccc3)nc2-c2cccs2)CC1. The lowest BCUT2D eigenvalue weighted by Gasteiger charge is -2.34. The molecule has 0 radical (unpaired) electrons. The predicted molar refractivity (Wildman–Crippen MR) is 104 cm³/mol. The summed E-state index contributed by atoms with van der Waals surface area (Å²) in [6.45, 7) is 5.91. The number of benzene rings is 1. The normalized spacial score (nSPS) is 15.3. The second kappa shape index (κ2) is 7.43. The molecule has 4 rings (SSSR count). The van der Waals surface area contributed by atoms with Gasteiger partial charge in [0.25, 0.3) is 0 Å². The van der Waals surface area contributed by atoms with Gasteiger partial charge in [-0.3, -0.25) is 9.69 Å².